The van der Waals surface area contributed by atoms with Crippen LogP contribution in [-0.4, -0.2) is 19.6 Å². The van der Waals surface area contributed by atoms with Crippen LogP contribution >= 0.6 is 0 Å². The van der Waals surface area contributed by atoms with Crippen LogP contribution < -0.4 is 5.32 Å². The van der Waals surface area contributed by atoms with Gasteiger partial charge in [0.25, 0.3) is 0 Å². The number of pyridine rings is 1. The molecule has 0 fully saturated rings. The molecule has 0 spiro atoms. The highest BCUT2D eigenvalue weighted by Gasteiger charge is 2.11. The maximum Gasteiger partial charge on any atom is 0.154 e. The van der Waals surface area contributed by atoms with Crippen LogP contribution in [0.15, 0.2) is 73.3 Å². The molecule has 23 heavy (non-hydrogen) atoms. The van der Waals surface area contributed by atoms with Crippen LogP contribution in [0, 0.1) is 0 Å². The van der Waals surface area contributed by atoms with E-state index >= 15 is 0 Å². The SMILES string of the molecule is c1ccc(-c2ccn3ncnc(NCc4ccccn4)c23)cc1. The summed E-state index contributed by atoms with van der Waals surface area (Å²) in [6.07, 6.45) is 5.30. The van der Waals surface area contributed by atoms with Crippen LogP contribution in [0.2, 0.25) is 0 Å². The number of aromatic nitrogens is 4. The third-order valence-electron chi connectivity index (χ3n) is 3.70. The minimum atomic E-state index is 0.618. The molecule has 0 bridgehead atoms. The zero-order chi connectivity index (χ0) is 15.5. The van der Waals surface area contributed by atoms with Crippen molar-refractivity contribution in [2.75, 3.05) is 5.32 Å². The molecule has 0 radical (unpaired) electrons. The Morgan fingerprint density at radius 3 is 2.61 bits per heavy atom. The molecule has 0 amide bonds. The van der Waals surface area contributed by atoms with Gasteiger partial charge in [0, 0.05) is 18.0 Å². The van der Waals surface area contributed by atoms with Crippen molar-refractivity contribution in [3.05, 3.63) is 79.0 Å². The van der Waals surface area contributed by atoms with Gasteiger partial charge in [0.05, 0.1) is 12.2 Å². The lowest BCUT2D eigenvalue weighted by Gasteiger charge is -2.08. The van der Waals surface area contributed by atoms with Crippen molar-refractivity contribution < 1.29 is 0 Å². The Kier molecular flexibility index (Phi) is 3.44. The van der Waals surface area contributed by atoms with Crippen LogP contribution in [0.1, 0.15) is 5.69 Å². The standard InChI is InChI=1S/C18H15N5/c1-2-6-14(7-3-1)16-9-11-23-17(16)18(21-13-22-23)20-12-15-8-4-5-10-19-15/h1-11,13H,12H2,(H,20,21,22). The van der Waals surface area contributed by atoms with Crippen molar-refractivity contribution in [3.8, 4) is 11.1 Å². The maximum absolute atomic E-state index is 4.41. The van der Waals surface area contributed by atoms with Gasteiger partial charge in [0.15, 0.2) is 5.82 Å². The number of nitrogens with zero attached hydrogens (tertiary/aromatic N) is 4. The second kappa shape index (κ2) is 5.88. The molecule has 0 aliphatic rings. The molecule has 3 heterocycles. The van der Waals surface area contributed by atoms with Crippen LogP contribution in [0.4, 0.5) is 5.82 Å². The normalized spacial score (nSPS) is 10.8. The highest BCUT2D eigenvalue weighted by atomic mass is 15.2. The number of hydrogen-bond acceptors (Lipinski definition) is 4. The van der Waals surface area contributed by atoms with Gasteiger partial charge in [0.2, 0.25) is 0 Å². The van der Waals surface area contributed by atoms with E-state index in [1.165, 1.54) is 0 Å². The zero-order valence-corrected chi connectivity index (χ0v) is 12.4. The van der Waals surface area contributed by atoms with Gasteiger partial charge in [-0.3, -0.25) is 4.98 Å². The van der Waals surface area contributed by atoms with E-state index in [2.05, 4.69) is 38.6 Å². The Morgan fingerprint density at radius 1 is 0.913 bits per heavy atom. The zero-order valence-electron chi connectivity index (χ0n) is 12.4. The first-order chi connectivity index (χ1) is 11.4. The summed E-state index contributed by atoms with van der Waals surface area (Å²) in [4.78, 5) is 8.74. The average Bonchev–Trinajstić information content (AvgIpc) is 3.06. The van der Waals surface area contributed by atoms with Gasteiger partial charge in [-0.1, -0.05) is 36.4 Å². The first-order valence-electron chi connectivity index (χ1n) is 7.43. The Hall–Kier alpha value is -3.21. The number of rotatable bonds is 4. The lowest BCUT2D eigenvalue weighted by Crippen LogP contribution is -2.05. The van der Waals surface area contributed by atoms with Gasteiger partial charge >= 0.3 is 0 Å². The summed E-state index contributed by atoms with van der Waals surface area (Å²) in [5.74, 6) is 0.800. The van der Waals surface area contributed by atoms with Gasteiger partial charge in [0.1, 0.15) is 11.8 Å². The molecule has 0 aliphatic carbocycles. The van der Waals surface area contributed by atoms with Crippen molar-refractivity contribution in [3.63, 3.8) is 0 Å². The molecule has 3 aromatic heterocycles. The van der Waals surface area contributed by atoms with Crippen molar-refractivity contribution in [2.45, 2.75) is 6.54 Å². The van der Waals surface area contributed by atoms with Gasteiger partial charge in [-0.2, -0.15) is 5.10 Å². The summed E-state index contributed by atoms with van der Waals surface area (Å²) in [6.45, 7) is 0.618. The van der Waals surface area contributed by atoms with Gasteiger partial charge in [-0.25, -0.2) is 9.50 Å². The molecule has 0 unspecified atom stereocenters. The summed E-state index contributed by atoms with van der Waals surface area (Å²) in [7, 11) is 0. The Bertz CT molecular complexity index is 916. The number of nitrogens with one attached hydrogen (secondary N) is 1. The lowest BCUT2D eigenvalue weighted by molar-refractivity contribution is 0.897. The van der Waals surface area contributed by atoms with Crippen LogP contribution in [0.3, 0.4) is 0 Å². The van der Waals surface area contributed by atoms with Crippen LogP contribution in [0.25, 0.3) is 16.6 Å². The van der Waals surface area contributed by atoms with E-state index in [0.717, 1.165) is 28.2 Å². The fourth-order valence-corrected chi connectivity index (χ4v) is 2.61. The molecule has 5 heteroatoms. The van der Waals surface area contributed by atoms with Crippen LogP contribution in [-0.2, 0) is 6.54 Å². The fraction of sp³-hybridized carbons (Fsp3) is 0.0556. The van der Waals surface area contributed by atoms with Crippen LogP contribution in [0.5, 0.6) is 0 Å². The van der Waals surface area contributed by atoms with Gasteiger partial charge < -0.3 is 5.32 Å². The Balaban J connectivity index is 1.73. The molecule has 112 valence electrons. The molecular formula is C18H15N5. The first-order valence-corrected chi connectivity index (χ1v) is 7.43. The summed E-state index contributed by atoms with van der Waals surface area (Å²) in [5.41, 5.74) is 4.19. The van der Waals surface area contributed by atoms with Crippen molar-refractivity contribution in [1.82, 2.24) is 19.6 Å². The van der Waals surface area contributed by atoms with Crippen molar-refractivity contribution >= 4 is 11.3 Å². The summed E-state index contributed by atoms with van der Waals surface area (Å²) in [5, 5.41) is 7.66. The second-order valence-electron chi connectivity index (χ2n) is 5.17. The summed E-state index contributed by atoms with van der Waals surface area (Å²) in [6, 6.07) is 18.2. The molecular weight excluding hydrogens is 286 g/mol. The maximum atomic E-state index is 4.41. The third-order valence-corrected chi connectivity index (χ3v) is 3.70. The first kappa shape index (κ1) is 13.5. The minimum absolute atomic E-state index is 0.618. The number of hydrogen-bond donors (Lipinski definition) is 1. The molecule has 0 saturated carbocycles. The van der Waals surface area contributed by atoms with E-state index in [4.69, 9.17) is 0 Å². The second-order valence-corrected chi connectivity index (χ2v) is 5.17. The van der Waals surface area contributed by atoms with E-state index in [0.29, 0.717) is 6.54 Å². The van der Waals surface area contributed by atoms with Gasteiger partial charge in [-0.05, 0) is 23.8 Å². The van der Waals surface area contributed by atoms with E-state index in [-0.39, 0.29) is 0 Å². The largest absolute Gasteiger partial charge is 0.363 e. The van der Waals surface area contributed by atoms with Crippen molar-refractivity contribution in [1.29, 1.82) is 0 Å². The molecule has 0 saturated heterocycles. The van der Waals surface area contributed by atoms with E-state index in [9.17, 15) is 0 Å². The number of fused-ring (bicyclic) bond motifs is 1. The number of benzene rings is 1. The topological polar surface area (TPSA) is 55.1 Å². The Labute approximate surface area is 133 Å². The van der Waals surface area contributed by atoms with Gasteiger partial charge in [-0.15, -0.1) is 0 Å². The third kappa shape index (κ3) is 2.64. The highest BCUT2D eigenvalue weighted by molar-refractivity contribution is 5.88. The smallest absolute Gasteiger partial charge is 0.154 e. The predicted octanol–water partition coefficient (Wildman–Crippen LogP) is 3.40. The number of anilines is 1. The van der Waals surface area contributed by atoms with E-state index < -0.39 is 0 Å². The molecule has 0 atom stereocenters. The summed E-state index contributed by atoms with van der Waals surface area (Å²) >= 11 is 0. The molecule has 4 aromatic rings. The fourth-order valence-electron chi connectivity index (χ4n) is 2.61. The predicted molar refractivity (Wildman–Crippen MR) is 90.0 cm³/mol. The lowest BCUT2D eigenvalue weighted by atomic mass is 10.1. The minimum Gasteiger partial charge on any atom is -0.363 e. The van der Waals surface area contributed by atoms with Crippen molar-refractivity contribution in [2.24, 2.45) is 0 Å². The Morgan fingerprint density at radius 2 is 1.78 bits per heavy atom. The van der Waals surface area contributed by atoms with E-state index in [1.807, 2.05) is 47.1 Å². The van der Waals surface area contributed by atoms with E-state index in [1.54, 1.807) is 12.5 Å². The molecule has 5 nitrogen and oxygen atoms in total. The quantitative estimate of drug-likeness (QED) is 0.627. The molecule has 1 aromatic carbocycles. The molecule has 0 aliphatic heterocycles. The molecule has 4 rings (SSSR count). The monoisotopic (exact) mass is 301 g/mol. The average molecular weight is 301 g/mol. The highest BCUT2D eigenvalue weighted by Crippen LogP contribution is 2.29. The summed E-state index contributed by atoms with van der Waals surface area (Å²) < 4.78 is 1.84. The molecule has 1 N–H and O–H groups in total.